The first-order valence-corrected chi connectivity index (χ1v) is 23.8. The zero-order valence-corrected chi connectivity index (χ0v) is 37.4. The van der Waals surface area contributed by atoms with Gasteiger partial charge in [0.15, 0.2) is 5.78 Å². The molecule has 6 unspecified atom stereocenters. The van der Waals surface area contributed by atoms with E-state index in [1.165, 1.54) is 56.6 Å². The van der Waals surface area contributed by atoms with Gasteiger partial charge >= 0.3 is 16.1 Å². The molecular weight excluding hydrogens is 749 g/mol. The predicted octanol–water partition coefficient (Wildman–Crippen LogP) is 12.4. The molecule has 0 radical (unpaired) electrons. The largest absolute Gasteiger partial charge is 0.342 e. The van der Waals surface area contributed by atoms with Crippen LogP contribution >= 0.6 is 0 Å². The van der Waals surface area contributed by atoms with Gasteiger partial charge in [-0.2, -0.15) is 8.42 Å². The molecule has 5 nitrogen and oxygen atoms in total. The first-order valence-electron chi connectivity index (χ1n) is 22.4. The van der Waals surface area contributed by atoms with Gasteiger partial charge in [-0.15, -0.1) is 0 Å². The molecule has 4 aromatic carbocycles. The van der Waals surface area contributed by atoms with Crippen LogP contribution < -0.4 is 0 Å². The van der Waals surface area contributed by atoms with Crippen LogP contribution in [0, 0.1) is 22.7 Å². The van der Waals surface area contributed by atoms with Crippen molar-refractivity contribution >= 4 is 21.9 Å². The fourth-order valence-corrected chi connectivity index (χ4v) is 14.0. The maximum Gasteiger partial charge on any atom is 0.341 e. The van der Waals surface area contributed by atoms with Crippen LogP contribution in [-0.4, -0.2) is 20.2 Å². The van der Waals surface area contributed by atoms with E-state index in [1.807, 2.05) is 37.3 Å². The molecule has 4 aliphatic rings. The van der Waals surface area contributed by atoms with Crippen molar-refractivity contribution in [2.45, 2.75) is 154 Å². The molecule has 6 atom stereocenters. The van der Waals surface area contributed by atoms with Crippen LogP contribution in [0.15, 0.2) is 89.8 Å². The van der Waals surface area contributed by atoms with E-state index in [4.69, 9.17) is 4.18 Å². The molecule has 0 amide bonds. The number of hydrogen-bond donors (Lipinski definition) is 0. The molecule has 0 saturated heterocycles. The van der Waals surface area contributed by atoms with Crippen LogP contribution in [0.3, 0.4) is 0 Å². The molecule has 0 spiro atoms. The number of hydrogen-bond acceptors (Lipinski definition) is 5. The highest BCUT2D eigenvalue weighted by Gasteiger charge is 2.57. The van der Waals surface area contributed by atoms with Gasteiger partial charge in [0.05, 0.1) is 5.41 Å². The highest BCUT2D eigenvalue weighted by Crippen LogP contribution is 2.60. The second-order valence-electron chi connectivity index (χ2n) is 20.3. The predicted molar refractivity (Wildman–Crippen MR) is 237 cm³/mol. The summed E-state index contributed by atoms with van der Waals surface area (Å²) in [6, 6.07) is 28.0. The summed E-state index contributed by atoms with van der Waals surface area (Å²) in [6.45, 7) is 18.2. The molecule has 2 fully saturated rings. The van der Waals surface area contributed by atoms with E-state index >= 15 is 0 Å². The highest BCUT2D eigenvalue weighted by molar-refractivity contribution is 7.87. The lowest BCUT2D eigenvalue weighted by Gasteiger charge is -2.55. The summed E-state index contributed by atoms with van der Waals surface area (Å²) in [5.74, 6) is 0.564. The monoisotopic (exact) mass is 812 g/mol. The molecule has 0 heterocycles. The Morgan fingerprint density at radius 1 is 0.644 bits per heavy atom. The smallest absolute Gasteiger partial charge is 0.341 e. The van der Waals surface area contributed by atoms with Crippen molar-refractivity contribution in [2.24, 2.45) is 22.7 Å². The third-order valence-electron chi connectivity index (χ3n) is 16.1. The Labute approximate surface area is 353 Å². The van der Waals surface area contributed by atoms with Crippen molar-refractivity contribution in [3.05, 3.63) is 135 Å². The molecule has 312 valence electrons. The van der Waals surface area contributed by atoms with Crippen LogP contribution in [0.25, 0.3) is 0 Å². The summed E-state index contributed by atoms with van der Waals surface area (Å²) in [4.78, 5) is 28.5. The SMILES string of the molecule is CC(C)c1cc2c(cc1Cc1cc3c(cc1C(C)C)CCC1C(C)(C(=O)c4ccccc4)CCCC31C)C1(C)CCCC(C)(C(=O)OS(=O)(=O)c3ccccc3)C1CC2. The molecular formula is C53H64O5S. The Morgan fingerprint density at radius 2 is 1.10 bits per heavy atom. The Morgan fingerprint density at radius 3 is 1.59 bits per heavy atom. The van der Waals surface area contributed by atoms with E-state index in [1.54, 1.807) is 18.2 Å². The summed E-state index contributed by atoms with van der Waals surface area (Å²) >= 11 is 0. The number of fused-ring (bicyclic) bond motifs is 6. The lowest BCUT2D eigenvalue weighted by atomic mass is 9.48. The minimum Gasteiger partial charge on any atom is -0.342 e. The average molecular weight is 813 g/mol. The average Bonchev–Trinajstić information content (AvgIpc) is 3.20. The molecule has 4 aliphatic carbocycles. The normalized spacial score (nSPS) is 28.9. The zero-order valence-electron chi connectivity index (χ0n) is 36.6. The molecule has 8 rings (SSSR count). The summed E-state index contributed by atoms with van der Waals surface area (Å²) in [5.41, 5.74) is 10.2. The number of Topliss-reactive ketones (excluding diaryl/α,β-unsaturated/α-hetero) is 1. The van der Waals surface area contributed by atoms with Crippen molar-refractivity contribution in [3.8, 4) is 0 Å². The zero-order chi connectivity index (χ0) is 42.1. The third kappa shape index (κ3) is 6.94. The van der Waals surface area contributed by atoms with Gasteiger partial charge in [-0.05, 0) is 156 Å². The first-order chi connectivity index (χ1) is 27.9. The molecule has 0 bridgehead atoms. The van der Waals surface area contributed by atoms with E-state index in [0.29, 0.717) is 24.0 Å². The van der Waals surface area contributed by atoms with E-state index in [-0.39, 0.29) is 27.6 Å². The Bertz CT molecular complexity index is 2380. The maximum atomic E-state index is 14.4. The van der Waals surface area contributed by atoms with Crippen molar-refractivity contribution in [1.29, 1.82) is 0 Å². The Kier molecular flexibility index (Phi) is 10.7. The van der Waals surface area contributed by atoms with Gasteiger partial charge in [0.1, 0.15) is 4.90 Å². The maximum absolute atomic E-state index is 14.4. The van der Waals surface area contributed by atoms with Crippen LogP contribution in [0.2, 0.25) is 0 Å². The van der Waals surface area contributed by atoms with E-state index in [2.05, 4.69) is 72.7 Å². The lowest BCUT2D eigenvalue weighted by Crippen LogP contribution is -2.53. The fraction of sp³-hybridized carbons (Fsp3) is 0.509. The molecule has 59 heavy (non-hydrogen) atoms. The number of ketones is 1. The number of carbonyl (C=O) groups excluding carboxylic acids is 2. The van der Waals surface area contributed by atoms with Gasteiger partial charge < -0.3 is 4.18 Å². The van der Waals surface area contributed by atoms with E-state index < -0.39 is 26.9 Å². The van der Waals surface area contributed by atoms with Gasteiger partial charge in [0.25, 0.3) is 0 Å². The van der Waals surface area contributed by atoms with Crippen molar-refractivity contribution in [1.82, 2.24) is 0 Å². The van der Waals surface area contributed by atoms with Gasteiger partial charge in [0, 0.05) is 11.0 Å². The van der Waals surface area contributed by atoms with Crippen LogP contribution in [0.5, 0.6) is 0 Å². The number of benzene rings is 4. The van der Waals surface area contributed by atoms with Gasteiger partial charge in [-0.1, -0.05) is 134 Å². The number of rotatable bonds is 9. The van der Waals surface area contributed by atoms with Crippen molar-refractivity contribution in [2.75, 3.05) is 0 Å². The molecule has 0 aromatic heterocycles. The summed E-state index contributed by atoms with van der Waals surface area (Å²) < 4.78 is 32.1. The highest BCUT2D eigenvalue weighted by atomic mass is 32.2. The first kappa shape index (κ1) is 41.7. The van der Waals surface area contributed by atoms with Crippen LogP contribution in [0.4, 0.5) is 0 Å². The summed E-state index contributed by atoms with van der Waals surface area (Å²) in [7, 11) is -4.24. The van der Waals surface area contributed by atoms with Gasteiger partial charge in [-0.3, -0.25) is 9.59 Å². The molecule has 0 aliphatic heterocycles. The Hall–Kier alpha value is -4.03. The van der Waals surface area contributed by atoms with Crippen LogP contribution in [-0.2, 0) is 49.2 Å². The van der Waals surface area contributed by atoms with Gasteiger partial charge in [-0.25, -0.2) is 0 Å². The molecule has 0 N–H and O–H groups in total. The summed E-state index contributed by atoms with van der Waals surface area (Å²) in [5, 5.41) is 0. The van der Waals surface area contributed by atoms with Crippen molar-refractivity contribution < 1.29 is 22.2 Å². The van der Waals surface area contributed by atoms with E-state index in [9.17, 15) is 18.0 Å². The Balaban J connectivity index is 1.17. The number of carbonyl (C=O) groups is 2. The third-order valence-corrected chi connectivity index (χ3v) is 17.3. The van der Waals surface area contributed by atoms with Crippen LogP contribution in [0.1, 0.15) is 173 Å². The molecule has 6 heteroatoms. The summed E-state index contributed by atoms with van der Waals surface area (Å²) in [6.07, 6.45) is 9.92. The topological polar surface area (TPSA) is 77.5 Å². The molecule has 4 aromatic rings. The van der Waals surface area contributed by atoms with Crippen molar-refractivity contribution in [3.63, 3.8) is 0 Å². The van der Waals surface area contributed by atoms with Gasteiger partial charge in [0.2, 0.25) is 0 Å². The minimum atomic E-state index is -4.24. The lowest BCUT2D eigenvalue weighted by molar-refractivity contribution is -0.153. The second-order valence-corrected chi connectivity index (χ2v) is 21.8. The quantitative estimate of drug-likeness (QED) is 0.124. The van der Waals surface area contributed by atoms with E-state index in [0.717, 1.165) is 69.8 Å². The second kappa shape index (κ2) is 15.2. The molecule has 2 saturated carbocycles. The standard InChI is InChI=1S/C53H64O5S/c1-34(2)42-30-37-21-23-46-50(5,25-15-27-52(46,7)48(54)36-17-11-9-12-18-36)44(37)32-39(42)29-40-33-45-38(31-43(40)35(3)4)22-24-47-51(45,6)26-16-28-53(47,8)49(55)58-59(56,57)41-19-13-10-14-20-41/h9-14,17-20,30-35,46-47H,15-16,21-29H2,1-8H3. The number of aryl methyl sites for hydroxylation is 2. The minimum absolute atomic E-state index is 0.000930. The fourth-order valence-electron chi connectivity index (χ4n) is 13.0.